The van der Waals surface area contributed by atoms with E-state index in [9.17, 15) is 0 Å². The molecule has 0 spiro atoms. The van der Waals surface area contributed by atoms with Crippen molar-refractivity contribution >= 4 is 0 Å². The zero-order valence-corrected chi connectivity index (χ0v) is 5.62. The first-order valence-corrected chi connectivity index (χ1v) is 3.12. The molecule has 0 fully saturated rings. The number of aliphatic hydroxyl groups excluding tert-OH is 3. The van der Waals surface area contributed by atoms with Crippen LogP contribution in [-0.4, -0.2) is 34.6 Å². The molecular formula is C6H14O3. The van der Waals surface area contributed by atoms with E-state index in [1.807, 2.05) is 0 Å². The van der Waals surface area contributed by atoms with Gasteiger partial charge < -0.3 is 15.3 Å². The van der Waals surface area contributed by atoms with Crippen LogP contribution in [0.15, 0.2) is 0 Å². The van der Waals surface area contributed by atoms with Crippen molar-refractivity contribution in [2.24, 2.45) is 5.92 Å². The molecule has 0 rings (SSSR count). The van der Waals surface area contributed by atoms with Crippen LogP contribution >= 0.6 is 0 Å². The third-order valence-corrected chi connectivity index (χ3v) is 1.37. The van der Waals surface area contributed by atoms with Gasteiger partial charge in [0.15, 0.2) is 0 Å². The summed E-state index contributed by atoms with van der Waals surface area (Å²) in [5.74, 6) is -0.128. The van der Waals surface area contributed by atoms with Crippen molar-refractivity contribution in [1.29, 1.82) is 0 Å². The van der Waals surface area contributed by atoms with Crippen LogP contribution in [0.1, 0.15) is 13.3 Å². The van der Waals surface area contributed by atoms with Gasteiger partial charge in [-0.3, -0.25) is 0 Å². The van der Waals surface area contributed by atoms with Gasteiger partial charge in [0.05, 0.1) is 6.10 Å². The summed E-state index contributed by atoms with van der Waals surface area (Å²) in [6.07, 6.45) is -0.221. The molecule has 0 aliphatic heterocycles. The Morgan fingerprint density at radius 3 is 2.22 bits per heavy atom. The van der Waals surface area contributed by atoms with Crippen LogP contribution in [0.2, 0.25) is 0 Å². The molecule has 0 bridgehead atoms. The fourth-order valence-electron chi connectivity index (χ4n) is 0.538. The van der Waals surface area contributed by atoms with E-state index >= 15 is 0 Å². The van der Waals surface area contributed by atoms with E-state index in [1.165, 1.54) is 0 Å². The molecule has 0 aliphatic carbocycles. The van der Waals surface area contributed by atoms with E-state index in [2.05, 4.69) is 0 Å². The maximum atomic E-state index is 9.00. The molecule has 0 saturated carbocycles. The largest absolute Gasteiger partial charge is 0.396 e. The summed E-state index contributed by atoms with van der Waals surface area (Å²) >= 11 is 0. The standard InChI is InChI=1S/C6H14O3/c1-5(4-8)6(9)2-3-7/h5-9H,2-4H2,1H3. The molecule has 0 heterocycles. The first-order chi connectivity index (χ1) is 4.22. The molecule has 9 heavy (non-hydrogen) atoms. The number of rotatable bonds is 4. The average Bonchev–Trinajstić information content (AvgIpc) is 1.87. The van der Waals surface area contributed by atoms with Gasteiger partial charge in [-0.25, -0.2) is 0 Å². The van der Waals surface area contributed by atoms with Gasteiger partial charge in [0.25, 0.3) is 0 Å². The fraction of sp³-hybridized carbons (Fsp3) is 1.00. The zero-order chi connectivity index (χ0) is 7.28. The number of hydrogen-bond acceptors (Lipinski definition) is 3. The first kappa shape index (κ1) is 8.88. The van der Waals surface area contributed by atoms with Crippen molar-refractivity contribution in [3.05, 3.63) is 0 Å². The predicted molar refractivity (Wildman–Crippen MR) is 34.0 cm³/mol. The van der Waals surface area contributed by atoms with Crippen molar-refractivity contribution in [2.45, 2.75) is 19.4 Å². The van der Waals surface area contributed by atoms with Gasteiger partial charge in [0, 0.05) is 19.1 Å². The maximum Gasteiger partial charge on any atom is 0.0609 e. The summed E-state index contributed by atoms with van der Waals surface area (Å²) in [5.41, 5.74) is 0. The molecule has 0 radical (unpaired) electrons. The van der Waals surface area contributed by atoms with Crippen LogP contribution in [0.4, 0.5) is 0 Å². The normalized spacial score (nSPS) is 17.3. The predicted octanol–water partition coefficient (Wildman–Crippen LogP) is -0.642. The van der Waals surface area contributed by atoms with Gasteiger partial charge in [0.2, 0.25) is 0 Å². The Morgan fingerprint density at radius 1 is 1.33 bits per heavy atom. The summed E-state index contributed by atoms with van der Waals surface area (Å²) < 4.78 is 0. The second-order valence-electron chi connectivity index (χ2n) is 2.24. The van der Waals surface area contributed by atoms with E-state index in [-0.39, 0.29) is 19.1 Å². The molecule has 2 atom stereocenters. The monoisotopic (exact) mass is 134 g/mol. The van der Waals surface area contributed by atoms with E-state index in [0.29, 0.717) is 6.42 Å². The van der Waals surface area contributed by atoms with Crippen molar-refractivity contribution in [3.8, 4) is 0 Å². The van der Waals surface area contributed by atoms with Crippen LogP contribution in [0.5, 0.6) is 0 Å². The lowest BCUT2D eigenvalue weighted by molar-refractivity contribution is 0.0563. The van der Waals surface area contributed by atoms with Crippen molar-refractivity contribution in [2.75, 3.05) is 13.2 Å². The van der Waals surface area contributed by atoms with Gasteiger partial charge in [-0.15, -0.1) is 0 Å². The topological polar surface area (TPSA) is 60.7 Å². The lowest BCUT2D eigenvalue weighted by Crippen LogP contribution is -2.21. The van der Waals surface area contributed by atoms with Gasteiger partial charge in [-0.2, -0.15) is 0 Å². The van der Waals surface area contributed by atoms with Crippen LogP contribution in [0.25, 0.3) is 0 Å². The Hall–Kier alpha value is -0.120. The zero-order valence-electron chi connectivity index (χ0n) is 5.62. The highest BCUT2D eigenvalue weighted by Gasteiger charge is 2.11. The minimum absolute atomic E-state index is 0.0223. The van der Waals surface area contributed by atoms with Crippen molar-refractivity contribution in [3.63, 3.8) is 0 Å². The second kappa shape index (κ2) is 4.73. The molecular weight excluding hydrogens is 120 g/mol. The van der Waals surface area contributed by atoms with Gasteiger partial charge >= 0.3 is 0 Å². The van der Waals surface area contributed by atoms with E-state index < -0.39 is 6.10 Å². The van der Waals surface area contributed by atoms with Crippen molar-refractivity contribution in [1.82, 2.24) is 0 Å². The summed E-state index contributed by atoms with van der Waals surface area (Å²) in [6.45, 7) is 1.69. The Kier molecular flexibility index (Phi) is 4.67. The second-order valence-corrected chi connectivity index (χ2v) is 2.24. The highest BCUT2D eigenvalue weighted by molar-refractivity contribution is 4.61. The molecule has 0 aromatic heterocycles. The van der Waals surface area contributed by atoms with E-state index in [0.717, 1.165) is 0 Å². The minimum atomic E-state index is -0.569. The molecule has 0 aromatic carbocycles. The maximum absolute atomic E-state index is 9.00. The van der Waals surface area contributed by atoms with Gasteiger partial charge in [-0.05, 0) is 6.42 Å². The Morgan fingerprint density at radius 2 is 1.89 bits per heavy atom. The van der Waals surface area contributed by atoms with Gasteiger partial charge in [-0.1, -0.05) is 6.92 Å². The molecule has 2 unspecified atom stereocenters. The SMILES string of the molecule is CC(CO)C(O)CCO. The average molecular weight is 134 g/mol. The molecule has 3 nitrogen and oxygen atoms in total. The summed E-state index contributed by atoms with van der Waals surface area (Å²) in [7, 11) is 0. The molecule has 0 saturated heterocycles. The molecule has 56 valence electrons. The Bertz CT molecular complexity index is 65.3. The number of hydrogen-bond donors (Lipinski definition) is 3. The van der Waals surface area contributed by atoms with Gasteiger partial charge in [0.1, 0.15) is 0 Å². The lowest BCUT2D eigenvalue weighted by atomic mass is 10.0. The fourth-order valence-corrected chi connectivity index (χ4v) is 0.538. The van der Waals surface area contributed by atoms with E-state index in [1.54, 1.807) is 6.92 Å². The van der Waals surface area contributed by atoms with Crippen LogP contribution in [0.3, 0.4) is 0 Å². The van der Waals surface area contributed by atoms with Crippen molar-refractivity contribution < 1.29 is 15.3 Å². The quantitative estimate of drug-likeness (QED) is 0.479. The third-order valence-electron chi connectivity index (χ3n) is 1.37. The smallest absolute Gasteiger partial charge is 0.0609 e. The summed E-state index contributed by atoms with van der Waals surface area (Å²) in [6, 6.07) is 0. The van der Waals surface area contributed by atoms with Crippen LogP contribution < -0.4 is 0 Å². The Labute approximate surface area is 54.9 Å². The summed E-state index contributed by atoms with van der Waals surface area (Å²) in [5, 5.41) is 25.8. The highest BCUT2D eigenvalue weighted by atomic mass is 16.3. The van der Waals surface area contributed by atoms with Crippen LogP contribution in [-0.2, 0) is 0 Å². The first-order valence-electron chi connectivity index (χ1n) is 3.12. The molecule has 0 aromatic rings. The Balaban J connectivity index is 3.32. The lowest BCUT2D eigenvalue weighted by Gasteiger charge is -2.14. The molecule has 3 N–H and O–H groups in total. The minimum Gasteiger partial charge on any atom is -0.396 e. The van der Waals surface area contributed by atoms with Crippen LogP contribution in [0, 0.1) is 5.92 Å². The van der Waals surface area contributed by atoms with E-state index in [4.69, 9.17) is 15.3 Å². The molecule has 0 aliphatic rings. The molecule has 3 heteroatoms. The molecule has 0 amide bonds. The third kappa shape index (κ3) is 3.46. The number of aliphatic hydroxyl groups is 3. The highest BCUT2D eigenvalue weighted by Crippen LogP contribution is 2.04. The summed E-state index contributed by atoms with van der Waals surface area (Å²) in [4.78, 5) is 0.